The lowest BCUT2D eigenvalue weighted by atomic mass is 9.46. The molecule has 4 aliphatic carbocycles. The Kier molecular flexibility index (Phi) is 10.7. The maximum atomic E-state index is 14.3. The number of ketones is 3. The summed E-state index contributed by atoms with van der Waals surface area (Å²) in [7, 11) is -4.94. The van der Waals surface area contributed by atoms with Gasteiger partial charge in [-0.15, -0.1) is 0 Å². The standard InChI is InChI=1S/C43H51NO11S/c1-24(2)34(46)17-25(3)39(49)44-30-8-6-7-27(19-30)18-26-9-11-28(12-10-26)40-54-37-21-33-32-14-13-29-20-31(45)15-16-41(29,4)38(32)35(47)22-42(33,5)43(37,55-40)36(48)23-53-56(50,51)52/h6-12,15-16,19-20,24-25,32-33,35,37-38,40,47H,13-14,17-18,21-23H2,1-5H3,(H,44,49)(H,50,51,52)/t25-,32+,33+,35+,37-,38-,40-,41+,42+,43-/m1/s1. The number of aliphatic hydroxyl groups is 1. The Balaban J connectivity index is 1.10. The van der Waals surface area contributed by atoms with Crippen molar-refractivity contribution in [2.45, 2.75) is 97.2 Å². The molecule has 4 fully saturated rings. The molecule has 7 rings (SSSR count). The highest BCUT2D eigenvalue weighted by atomic mass is 32.3. The molecule has 2 aromatic rings. The molecule has 300 valence electrons. The van der Waals surface area contributed by atoms with E-state index in [0.29, 0.717) is 36.9 Å². The van der Waals surface area contributed by atoms with Crippen molar-refractivity contribution in [2.24, 2.45) is 40.4 Å². The third-order valence-corrected chi connectivity index (χ3v) is 13.9. The van der Waals surface area contributed by atoms with Gasteiger partial charge in [0.25, 0.3) is 0 Å². The first-order valence-corrected chi connectivity index (χ1v) is 20.8. The summed E-state index contributed by atoms with van der Waals surface area (Å²) in [5.41, 5.74) is 0.989. The number of Topliss-reactive ketones (excluding diaryl/α,β-unsaturated/α-hetero) is 2. The second-order valence-corrected chi connectivity index (χ2v) is 18.3. The van der Waals surface area contributed by atoms with Crippen LogP contribution in [-0.2, 0) is 49.7 Å². The maximum Gasteiger partial charge on any atom is 0.397 e. The number of allylic oxidation sites excluding steroid dienone is 4. The summed E-state index contributed by atoms with van der Waals surface area (Å²) < 4.78 is 50.6. The van der Waals surface area contributed by atoms with Gasteiger partial charge >= 0.3 is 10.4 Å². The van der Waals surface area contributed by atoms with E-state index in [2.05, 4.69) is 16.4 Å². The van der Waals surface area contributed by atoms with Crippen LogP contribution in [0.4, 0.5) is 5.69 Å². The van der Waals surface area contributed by atoms with E-state index in [0.717, 1.165) is 16.7 Å². The zero-order chi connectivity index (χ0) is 40.4. The molecule has 56 heavy (non-hydrogen) atoms. The van der Waals surface area contributed by atoms with Crippen molar-refractivity contribution < 1.29 is 50.9 Å². The SMILES string of the molecule is CC(C)C(=O)C[C@@H](C)C(=O)Nc1cccc(Cc2ccc([C@@H]3O[C@@H]4C[C@H]5[C@@H]6CCC7=CC(=O)C=C[C@]7(C)[C@H]6[C@@H](O)C[C@]5(C)[C@]4(C(=O)COS(=O)(=O)O)O3)cc2)c1. The third-order valence-electron chi connectivity index (χ3n) is 13.4. The molecule has 10 atom stereocenters. The van der Waals surface area contributed by atoms with Crippen LogP contribution in [0, 0.1) is 40.4 Å². The van der Waals surface area contributed by atoms with E-state index < -0.39 is 63.6 Å². The van der Waals surface area contributed by atoms with Crippen LogP contribution < -0.4 is 5.32 Å². The molecule has 0 radical (unpaired) electrons. The molecule has 1 aliphatic heterocycles. The fraction of sp³-hybridized carbons (Fsp3) is 0.535. The molecule has 13 heteroatoms. The number of amides is 1. The van der Waals surface area contributed by atoms with Gasteiger partial charge in [-0.1, -0.05) is 82.7 Å². The zero-order valence-electron chi connectivity index (χ0n) is 32.4. The Bertz CT molecular complexity index is 2090. The summed E-state index contributed by atoms with van der Waals surface area (Å²) in [5.74, 6) is -1.92. The smallest absolute Gasteiger partial charge is 0.393 e. The van der Waals surface area contributed by atoms with Crippen molar-refractivity contribution in [3.05, 3.63) is 89.0 Å². The Morgan fingerprint density at radius 1 is 1.05 bits per heavy atom. The minimum Gasteiger partial charge on any atom is -0.393 e. The molecule has 0 aromatic heterocycles. The van der Waals surface area contributed by atoms with Crippen LogP contribution in [0.2, 0.25) is 0 Å². The van der Waals surface area contributed by atoms with Gasteiger partial charge in [-0.25, -0.2) is 4.18 Å². The van der Waals surface area contributed by atoms with Crippen molar-refractivity contribution in [1.29, 1.82) is 0 Å². The summed E-state index contributed by atoms with van der Waals surface area (Å²) in [5, 5.41) is 14.9. The number of ether oxygens (including phenoxy) is 2. The maximum absolute atomic E-state index is 14.3. The highest BCUT2D eigenvalue weighted by molar-refractivity contribution is 7.80. The van der Waals surface area contributed by atoms with Gasteiger partial charge in [-0.3, -0.25) is 23.7 Å². The van der Waals surface area contributed by atoms with Gasteiger partial charge in [0.2, 0.25) is 5.91 Å². The van der Waals surface area contributed by atoms with Gasteiger partial charge in [0.1, 0.15) is 12.4 Å². The lowest BCUT2D eigenvalue weighted by Crippen LogP contribution is -2.63. The van der Waals surface area contributed by atoms with Crippen LogP contribution in [0.3, 0.4) is 0 Å². The van der Waals surface area contributed by atoms with Crippen LogP contribution in [0.15, 0.2) is 72.3 Å². The molecule has 3 N–H and O–H groups in total. The molecular weight excluding hydrogens is 739 g/mol. The van der Waals surface area contributed by atoms with Crippen LogP contribution >= 0.6 is 0 Å². The third kappa shape index (κ3) is 7.15. The number of benzene rings is 2. The fourth-order valence-electron chi connectivity index (χ4n) is 10.6. The van der Waals surface area contributed by atoms with E-state index in [1.54, 1.807) is 25.1 Å². The predicted molar refractivity (Wildman–Crippen MR) is 205 cm³/mol. The first-order valence-electron chi connectivity index (χ1n) is 19.5. The van der Waals surface area contributed by atoms with Gasteiger partial charge in [0.15, 0.2) is 23.5 Å². The fourth-order valence-corrected chi connectivity index (χ4v) is 10.9. The zero-order valence-corrected chi connectivity index (χ0v) is 33.2. The van der Waals surface area contributed by atoms with Crippen molar-refractivity contribution >= 4 is 39.3 Å². The minimum absolute atomic E-state index is 0.0429. The number of aliphatic hydroxyl groups excluding tert-OH is 1. The topological polar surface area (TPSA) is 183 Å². The van der Waals surface area contributed by atoms with Gasteiger partial charge in [-0.05, 0) is 79.4 Å². The van der Waals surface area contributed by atoms with E-state index in [-0.39, 0.29) is 54.0 Å². The second kappa shape index (κ2) is 14.8. The summed E-state index contributed by atoms with van der Waals surface area (Å²) in [6.07, 6.45) is 5.20. The first-order chi connectivity index (χ1) is 26.3. The molecule has 0 spiro atoms. The molecule has 5 aliphatic rings. The Hall–Kier alpha value is -3.85. The number of rotatable bonds is 12. The number of nitrogens with one attached hydrogen (secondary N) is 1. The monoisotopic (exact) mass is 789 g/mol. The van der Waals surface area contributed by atoms with Gasteiger partial charge < -0.3 is 19.9 Å². The molecule has 3 saturated carbocycles. The van der Waals surface area contributed by atoms with E-state index >= 15 is 0 Å². The quantitative estimate of drug-likeness (QED) is 0.218. The van der Waals surface area contributed by atoms with E-state index in [1.165, 1.54) is 0 Å². The predicted octanol–water partition coefficient (Wildman–Crippen LogP) is 5.90. The number of hydrogen-bond acceptors (Lipinski definition) is 10. The summed E-state index contributed by atoms with van der Waals surface area (Å²) >= 11 is 0. The lowest BCUT2D eigenvalue weighted by molar-refractivity contribution is -0.200. The molecule has 1 amide bonds. The number of hydrogen-bond donors (Lipinski definition) is 3. The molecular formula is C43H51NO11S. The Labute approximate surface area is 328 Å². The molecule has 1 heterocycles. The minimum atomic E-state index is -4.94. The molecule has 1 saturated heterocycles. The number of carbonyl (C=O) groups excluding carboxylic acids is 4. The summed E-state index contributed by atoms with van der Waals surface area (Å²) in [6.45, 7) is 8.40. The molecule has 0 unspecified atom stereocenters. The molecule has 0 bridgehead atoms. The molecule has 2 aromatic carbocycles. The van der Waals surface area contributed by atoms with Crippen molar-refractivity contribution in [3.63, 3.8) is 0 Å². The summed E-state index contributed by atoms with van der Waals surface area (Å²) in [4.78, 5) is 51.5. The number of fused-ring (bicyclic) bond motifs is 7. The average Bonchev–Trinajstić information content (AvgIpc) is 3.63. The van der Waals surface area contributed by atoms with Crippen molar-refractivity contribution in [1.82, 2.24) is 0 Å². The van der Waals surface area contributed by atoms with Crippen LogP contribution in [0.25, 0.3) is 0 Å². The van der Waals surface area contributed by atoms with Gasteiger partial charge in [0.05, 0.1) is 12.2 Å². The highest BCUT2D eigenvalue weighted by Crippen LogP contribution is 2.70. The van der Waals surface area contributed by atoms with E-state index in [9.17, 15) is 37.3 Å². The Morgan fingerprint density at radius 3 is 2.48 bits per heavy atom. The van der Waals surface area contributed by atoms with E-state index in [4.69, 9.17) is 9.47 Å². The Morgan fingerprint density at radius 2 is 1.79 bits per heavy atom. The van der Waals surface area contributed by atoms with Crippen LogP contribution in [0.5, 0.6) is 0 Å². The van der Waals surface area contributed by atoms with Gasteiger partial charge in [-0.2, -0.15) is 8.42 Å². The summed E-state index contributed by atoms with van der Waals surface area (Å²) in [6, 6.07) is 15.1. The second-order valence-electron chi connectivity index (χ2n) is 17.2. The first kappa shape index (κ1) is 40.4. The van der Waals surface area contributed by atoms with E-state index in [1.807, 2.05) is 69.3 Å². The average molecular weight is 790 g/mol. The van der Waals surface area contributed by atoms with Crippen LogP contribution in [0.1, 0.15) is 89.7 Å². The normalized spacial score (nSPS) is 33.9. The highest BCUT2D eigenvalue weighted by Gasteiger charge is 2.76. The number of anilines is 1. The van der Waals surface area contributed by atoms with Crippen molar-refractivity contribution in [2.75, 3.05) is 11.9 Å². The largest absolute Gasteiger partial charge is 0.397 e. The molecule has 12 nitrogen and oxygen atoms in total. The van der Waals surface area contributed by atoms with Gasteiger partial charge in [0, 0.05) is 46.3 Å². The lowest BCUT2D eigenvalue weighted by Gasteiger charge is -2.59. The van der Waals surface area contributed by atoms with Crippen LogP contribution in [-0.4, -0.2) is 65.7 Å². The number of carbonyl (C=O) groups is 4. The van der Waals surface area contributed by atoms with Crippen molar-refractivity contribution in [3.8, 4) is 0 Å².